The summed E-state index contributed by atoms with van der Waals surface area (Å²) in [6, 6.07) is 15.9. The Labute approximate surface area is 164 Å². The van der Waals surface area contributed by atoms with E-state index in [9.17, 15) is 0 Å². The average Bonchev–Trinajstić information content (AvgIpc) is 2.80. The van der Waals surface area contributed by atoms with Crippen molar-refractivity contribution in [2.45, 2.75) is 52.1 Å². The van der Waals surface area contributed by atoms with Gasteiger partial charge in [0.15, 0.2) is 0 Å². The summed E-state index contributed by atoms with van der Waals surface area (Å²) in [5, 5.41) is 2.77. The molecule has 0 spiro atoms. The summed E-state index contributed by atoms with van der Waals surface area (Å²) >= 11 is 0. The molecule has 0 atom stereocenters. The van der Waals surface area contributed by atoms with Gasteiger partial charge in [0.1, 0.15) is 0 Å². The second-order valence-corrected chi connectivity index (χ2v) is 6.47. The molecule has 0 aromatic heterocycles. The van der Waals surface area contributed by atoms with Crippen LogP contribution in [0, 0.1) is 0 Å². The molecule has 0 unspecified atom stereocenters. The molecular formula is C17H25Cl2SiZr. The van der Waals surface area contributed by atoms with Gasteiger partial charge in [-0.05, 0) is 6.42 Å². The van der Waals surface area contributed by atoms with Crippen LogP contribution in [0.2, 0.25) is 12.1 Å². The van der Waals surface area contributed by atoms with E-state index in [0.717, 1.165) is 0 Å². The number of aryl methyl sites for hydroxylation is 1. The molecule has 0 fully saturated rings. The summed E-state index contributed by atoms with van der Waals surface area (Å²) < 4.78 is 0. The zero-order chi connectivity index (χ0) is 13.2. The van der Waals surface area contributed by atoms with E-state index in [0.29, 0.717) is 0 Å². The Kier molecular flexibility index (Phi) is 21.2. The molecule has 0 bridgehead atoms. The van der Waals surface area contributed by atoms with Crippen molar-refractivity contribution in [2.24, 2.45) is 0 Å². The summed E-state index contributed by atoms with van der Waals surface area (Å²) in [6.07, 6.45) is 3.81. The molecule has 0 heterocycles. The molecule has 0 saturated carbocycles. The minimum absolute atomic E-state index is 0. The second kappa shape index (κ2) is 16.9. The van der Waals surface area contributed by atoms with Crippen molar-refractivity contribution in [2.75, 3.05) is 0 Å². The molecule has 0 aliphatic carbocycles. The van der Waals surface area contributed by atoms with E-state index in [1.54, 1.807) is 0 Å². The number of halogens is 2. The fraction of sp³-hybridized carbons (Fsp3) is 0.471. The molecule has 0 amide bonds. The van der Waals surface area contributed by atoms with Gasteiger partial charge in [-0.15, -0.1) is 40.6 Å². The van der Waals surface area contributed by atoms with Crippen molar-refractivity contribution in [3.8, 4) is 0 Å². The average molecular weight is 420 g/mol. The summed E-state index contributed by atoms with van der Waals surface area (Å²) in [7, 11) is 1.20. The molecule has 0 saturated heterocycles. The Hall–Kier alpha value is 0.510. The maximum absolute atomic E-state index is 2.31. The van der Waals surface area contributed by atoms with Gasteiger partial charge < -0.3 is 24.8 Å². The quantitative estimate of drug-likeness (QED) is 0.452. The SMILES string of the molecule is CCCCc1cc2ccccc2[cH-]1.CC[Si]CC.[Cl-].[Cl-].[Zr+3]. The number of hydrogen-bond donors (Lipinski definition) is 0. The Morgan fingerprint density at radius 1 is 1.00 bits per heavy atom. The van der Waals surface area contributed by atoms with Crippen molar-refractivity contribution in [3.05, 3.63) is 42.0 Å². The van der Waals surface area contributed by atoms with Crippen LogP contribution in [0.4, 0.5) is 0 Å². The van der Waals surface area contributed by atoms with Gasteiger partial charge in [-0.3, -0.25) is 0 Å². The Bertz CT molecular complexity index is 408. The van der Waals surface area contributed by atoms with Gasteiger partial charge in [0.05, 0.1) is 0 Å². The zero-order valence-electron chi connectivity index (χ0n) is 13.3. The minimum Gasteiger partial charge on any atom is -1.00 e. The molecule has 3 radical (unpaired) electrons. The van der Waals surface area contributed by atoms with Gasteiger partial charge in [0.25, 0.3) is 0 Å². The maximum Gasteiger partial charge on any atom is 3.00 e. The van der Waals surface area contributed by atoms with Crippen LogP contribution in [-0.2, 0) is 32.6 Å². The monoisotopic (exact) mass is 417 g/mol. The third kappa shape index (κ3) is 10.8. The molecule has 0 aliphatic heterocycles. The molecule has 0 N–H and O–H groups in total. The maximum atomic E-state index is 2.31. The summed E-state index contributed by atoms with van der Waals surface area (Å²) in [5.41, 5.74) is 1.49. The zero-order valence-corrected chi connectivity index (χ0v) is 18.2. The van der Waals surface area contributed by atoms with Crippen LogP contribution in [0.3, 0.4) is 0 Å². The molecule has 0 nitrogen and oxygen atoms in total. The molecule has 4 heteroatoms. The van der Waals surface area contributed by atoms with Crippen LogP contribution in [0.25, 0.3) is 10.8 Å². The summed E-state index contributed by atoms with van der Waals surface area (Å²) in [5.74, 6) is 0. The first-order chi connectivity index (χ1) is 8.81. The third-order valence-electron chi connectivity index (χ3n) is 3.00. The van der Waals surface area contributed by atoms with Crippen molar-refractivity contribution in [3.63, 3.8) is 0 Å². The first-order valence-corrected chi connectivity index (χ1v) is 8.58. The van der Waals surface area contributed by atoms with Gasteiger partial charge in [-0.25, -0.2) is 0 Å². The minimum atomic E-state index is 0. The Morgan fingerprint density at radius 3 is 2.10 bits per heavy atom. The van der Waals surface area contributed by atoms with Gasteiger partial charge in [0.2, 0.25) is 0 Å². The van der Waals surface area contributed by atoms with E-state index in [-0.39, 0.29) is 51.0 Å². The standard InChI is InChI=1S/C13H15.C4H10Si.2ClH.Zr/c1-2-3-6-11-9-12-7-4-5-8-13(12)10-11;1-3-5-4-2;;;/h4-5,7-10H,2-3,6H2,1H3;3-4H2,1-2H3;2*1H;/q-1;;;;+3/p-2. The molecule has 2 rings (SSSR count). The van der Waals surface area contributed by atoms with Crippen LogP contribution in [-0.4, -0.2) is 9.52 Å². The van der Waals surface area contributed by atoms with Crippen molar-refractivity contribution < 1.29 is 51.0 Å². The second-order valence-electron chi connectivity index (χ2n) is 4.55. The van der Waals surface area contributed by atoms with Crippen molar-refractivity contribution >= 4 is 20.3 Å². The van der Waals surface area contributed by atoms with E-state index in [4.69, 9.17) is 0 Å². The number of unbranched alkanes of at least 4 members (excludes halogenated alkanes) is 1. The summed E-state index contributed by atoms with van der Waals surface area (Å²) in [6.45, 7) is 6.69. The first kappa shape index (κ1) is 26.4. The smallest absolute Gasteiger partial charge is 1.00 e. The molecule has 2 aromatic rings. The number of benzene rings is 1. The largest absolute Gasteiger partial charge is 3.00 e. The number of rotatable bonds is 5. The van der Waals surface area contributed by atoms with Gasteiger partial charge >= 0.3 is 26.2 Å². The van der Waals surface area contributed by atoms with E-state index < -0.39 is 0 Å². The molecule has 2 aromatic carbocycles. The normalized spacial score (nSPS) is 8.71. The predicted molar refractivity (Wildman–Crippen MR) is 84.9 cm³/mol. The molecular weight excluding hydrogens is 394 g/mol. The van der Waals surface area contributed by atoms with E-state index in [1.807, 2.05) is 0 Å². The van der Waals surface area contributed by atoms with E-state index >= 15 is 0 Å². The number of fused-ring (bicyclic) bond motifs is 1. The summed E-state index contributed by atoms with van der Waals surface area (Å²) in [4.78, 5) is 0. The van der Waals surface area contributed by atoms with Gasteiger partial charge in [-0.1, -0.05) is 51.8 Å². The van der Waals surface area contributed by atoms with Crippen LogP contribution >= 0.6 is 0 Å². The van der Waals surface area contributed by atoms with Gasteiger partial charge in [0, 0.05) is 9.52 Å². The Balaban J connectivity index is -0.000000360. The number of hydrogen-bond acceptors (Lipinski definition) is 0. The first-order valence-electron chi connectivity index (χ1n) is 7.16. The van der Waals surface area contributed by atoms with Crippen LogP contribution in [0.1, 0.15) is 39.2 Å². The fourth-order valence-electron chi connectivity index (χ4n) is 1.99. The third-order valence-corrected chi connectivity index (χ3v) is 4.00. The van der Waals surface area contributed by atoms with Crippen LogP contribution in [0.5, 0.6) is 0 Å². The molecule has 21 heavy (non-hydrogen) atoms. The van der Waals surface area contributed by atoms with Crippen molar-refractivity contribution in [1.29, 1.82) is 0 Å². The van der Waals surface area contributed by atoms with Gasteiger partial charge in [-0.2, -0.15) is 6.07 Å². The van der Waals surface area contributed by atoms with Crippen LogP contribution in [0.15, 0.2) is 36.4 Å². The Morgan fingerprint density at radius 2 is 1.62 bits per heavy atom. The van der Waals surface area contributed by atoms with Crippen LogP contribution < -0.4 is 24.8 Å². The van der Waals surface area contributed by atoms with E-state index in [1.165, 1.54) is 57.2 Å². The fourth-order valence-corrected chi connectivity index (χ4v) is 2.49. The molecule has 0 aliphatic rings. The molecule has 115 valence electrons. The topological polar surface area (TPSA) is 0 Å². The van der Waals surface area contributed by atoms with Crippen molar-refractivity contribution in [1.82, 2.24) is 0 Å². The van der Waals surface area contributed by atoms with E-state index in [2.05, 4.69) is 57.2 Å². The predicted octanol–water partition coefficient (Wildman–Crippen LogP) is -0.526.